The number of nitrogens with zero attached hydrogens (tertiary/aromatic N) is 1. The van der Waals surface area contributed by atoms with Gasteiger partial charge in [-0.1, -0.05) is 12.8 Å². The van der Waals surface area contributed by atoms with Gasteiger partial charge in [-0.15, -0.1) is 0 Å². The van der Waals surface area contributed by atoms with Gasteiger partial charge in [-0.25, -0.2) is 0 Å². The smallest absolute Gasteiger partial charge is 0.224 e. The summed E-state index contributed by atoms with van der Waals surface area (Å²) in [7, 11) is 0. The summed E-state index contributed by atoms with van der Waals surface area (Å²) >= 11 is 0. The highest BCUT2D eigenvalue weighted by Gasteiger charge is 2.35. The summed E-state index contributed by atoms with van der Waals surface area (Å²) in [6.07, 6.45) is 5.11. The second kappa shape index (κ2) is 4.94. The second-order valence-electron chi connectivity index (χ2n) is 5.80. The number of ether oxygens (including phenoxy) is 1. The summed E-state index contributed by atoms with van der Waals surface area (Å²) in [6, 6.07) is 0. The Balaban J connectivity index is 1.90. The molecule has 1 saturated heterocycles. The van der Waals surface area contributed by atoms with Gasteiger partial charge in [-0.05, 0) is 26.7 Å². The molecule has 2 N–H and O–H groups in total. The van der Waals surface area contributed by atoms with Crippen LogP contribution in [0.1, 0.15) is 46.0 Å². The molecule has 0 radical (unpaired) electrons. The SMILES string of the molecule is C[C@@H]1CN(C(=O)CC2(N)CCCC2)C[C@H](C)O1. The molecule has 1 amide bonds. The summed E-state index contributed by atoms with van der Waals surface area (Å²) < 4.78 is 5.64. The molecular weight excluding hydrogens is 216 g/mol. The van der Waals surface area contributed by atoms with Crippen molar-refractivity contribution in [3.63, 3.8) is 0 Å². The third kappa shape index (κ3) is 3.19. The van der Waals surface area contributed by atoms with Crippen molar-refractivity contribution < 1.29 is 9.53 Å². The van der Waals surface area contributed by atoms with Gasteiger partial charge in [0.15, 0.2) is 0 Å². The summed E-state index contributed by atoms with van der Waals surface area (Å²) in [5, 5.41) is 0. The van der Waals surface area contributed by atoms with Crippen molar-refractivity contribution in [1.29, 1.82) is 0 Å². The Morgan fingerprint density at radius 3 is 2.35 bits per heavy atom. The van der Waals surface area contributed by atoms with Crippen LogP contribution in [0.3, 0.4) is 0 Å². The van der Waals surface area contributed by atoms with Crippen LogP contribution in [0.4, 0.5) is 0 Å². The van der Waals surface area contributed by atoms with E-state index in [1.807, 2.05) is 18.7 Å². The molecule has 1 aliphatic carbocycles. The predicted octanol–water partition coefficient (Wildman–Crippen LogP) is 1.28. The molecule has 4 nitrogen and oxygen atoms in total. The first-order valence-corrected chi connectivity index (χ1v) is 6.71. The molecule has 1 heterocycles. The lowest BCUT2D eigenvalue weighted by Crippen LogP contribution is -2.51. The number of hydrogen-bond donors (Lipinski definition) is 1. The van der Waals surface area contributed by atoms with E-state index in [4.69, 9.17) is 10.5 Å². The molecule has 1 saturated carbocycles. The van der Waals surface area contributed by atoms with E-state index in [0.29, 0.717) is 19.5 Å². The average Bonchev–Trinajstić information content (AvgIpc) is 2.63. The molecule has 4 heteroatoms. The van der Waals surface area contributed by atoms with Crippen LogP contribution in [-0.2, 0) is 9.53 Å². The zero-order valence-corrected chi connectivity index (χ0v) is 10.9. The number of carbonyl (C=O) groups excluding carboxylic acids is 1. The number of amides is 1. The summed E-state index contributed by atoms with van der Waals surface area (Å²) in [5.41, 5.74) is 6.02. The molecule has 0 unspecified atom stereocenters. The standard InChI is InChI=1S/C13H24N2O2/c1-10-8-15(9-11(2)17-10)12(16)7-13(14)5-3-4-6-13/h10-11H,3-9,14H2,1-2H3/t10-,11+. The molecule has 2 aliphatic rings. The van der Waals surface area contributed by atoms with Crippen molar-refractivity contribution in [3.8, 4) is 0 Å². The van der Waals surface area contributed by atoms with E-state index >= 15 is 0 Å². The molecule has 1 aliphatic heterocycles. The third-order valence-corrected chi connectivity index (χ3v) is 3.87. The Morgan fingerprint density at radius 1 is 1.29 bits per heavy atom. The van der Waals surface area contributed by atoms with Crippen LogP contribution in [-0.4, -0.2) is 41.6 Å². The van der Waals surface area contributed by atoms with Gasteiger partial charge in [0.2, 0.25) is 5.91 Å². The largest absolute Gasteiger partial charge is 0.372 e. The van der Waals surface area contributed by atoms with Gasteiger partial charge in [-0.2, -0.15) is 0 Å². The number of morpholine rings is 1. The van der Waals surface area contributed by atoms with Gasteiger partial charge in [0.25, 0.3) is 0 Å². The Morgan fingerprint density at radius 2 is 1.82 bits per heavy atom. The van der Waals surface area contributed by atoms with Crippen molar-refractivity contribution in [2.75, 3.05) is 13.1 Å². The fraction of sp³-hybridized carbons (Fsp3) is 0.923. The summed E-state index contributed by atoms with van der Waals surface area (Å²) in [5.74, 6) is 0.205. The van der Waals surface area contributed by atoms with Crippen molar-refractivity contribution >= 4 is 5.91 Å². The molecule has 0 spiro atoms. The molecule has 98 valence electrons. The monoisotopic (exact) mass is 240 g/mol. The van der Waals surface area contributed by atoms with Gasteiger partial charge < -0.3 is 15.4 Å². The molecular formula is C13H24N2O2. The van der Waals surface area contributed by atoms with Crippen LogP contribution in [0.5, 0.6) is 0 Å². The Bertz CT molecular complexity index is 277. The maximum Gasteiger partial charge on any atom is 0.224 e. The Hall–Kier alpha value is -0.610. The van der Waals surface area contributed by atoms with Gasteiger partial charge in [0, 0.05) is 25.0 Å². The highest BCUT2D eigenvalue weighted by Crippen LogP contribution is 2.30. The minimum Gasteiger partial charge on any atom is -0.372 e. The van der Waals surface area contributed by atoms with E-state index in [1.165, 1.54) is 12.8 Å². The van der Waals surface area contributed by atoms with Crippen LogP contribution in [0, 0.1) is 0 Å². The van der Waals surface area contributed by atoms with E-state index in [-0.39, 0.29) is 23.7 Å². The van der Waals surface area contributed by atoms with E-state index in [9.17, 15) is 4.79 Å². The van der Waals surface area contributed by atoms with Crippen LogP contribution in [0.2, 0.25) is 0 Å². The van der Waals surface area contributed by atoms with Crippen LogP contribution in [0.25, 0.3) is 0 Å². The second-order valence-corrected chi connectivity index (χ2v) is 5.80. The first-order chi connectivity index (χ1) is 7.98. The minimum atomic E-state index is -0.234. The lowest BCUT2D eigenvalue weighted by Gasteiger charge is -2.37. The highest BCUT2D eigenvalue weighted by atomic mass is 16.5. The summed E-state index contributed by atoms with van der Waals surface area (Å²) in [4.78, 5) is 14.2. The lowest BCUT2D eigenvalue weighted by atomic mass is 9.94. The molecule has 0 aromatic heterocycles. The van der Waals surface area contributed by atoms with Crippen LogP contribution >= 0.6 is 0 Å². The Kier molecular flexibility index (Phi) is 3.73. The first-order valence-electron chi connectivity index (χ1n) is 6.71. The quantitative estimate of drug-likeness (QED) is 0.791. The topological polar surface area (TPSA) is 55.6 Å². The summed E-state index contributed by atoms with van der Waals surface area (Å²) in [6.45, 7) is 5.45. The lowest BCUT2D eigenvalue weighted by molar-refractivity contribution is -0.144. The molecule has 0 aromatic carbocycles. The van der Waals surface area contributed by atoms with Crippen LogP contribution in [0.15, 0.2) is 0 Å². The maximum atomic E-state index is 12.2. The van der Waals surface area contributed by atoms with Gasteiger partial charge in [0.1, 0.15) is 0 Å². The molecule has 0 aromatic rings. The molecule has 0 bridgehead atoms. The Labute approximate surface area is 103 Å². The highest BCUT2D eigenvalue weighted by molar-refractivity contribution is 5.77. The van der Waals surface area contributed by atoms with E-state index in [1.54, 1.807) is 0 Å². The molecule has 2 atom stereocenters. The number of carbonyl (C=O) groups is 1. The van der Waals surface area contributed by atoms with Gasteiger partial charge in [-0.3, -0.25) is 4.79 Å². The fourth-order valence-electron chi connectivity index (χ4n) is 3.05. The average molecular weight is 240 g/mol. The molecule has 17 heavy (non-hydrogen) atoms. The molecule has 2 fully saturated rings. The van der Waals surface area contributed by atoms with Crippen molar-refractivity contribution in [2.24, 2.45) is 5.73 Å². The van der Waals surface area contributed by atoms with Crippen molar-refractivity contribution in [2.45, 2.75) is 63.7 Å². The van der Waals surface area contributed by atoms with E-state index < -0.39 is 0 Å². The third-order valence-electron chi connectivity index (χ3n) is 3.87. The predicted molar refractivity (Wildman–Crippen MR) is 66.6 cm³/mol. The zero-order valence-electron chi connectivity index (χ0n) is 10.9. The van der Waals surface area contributed by atoms with E-state index in [0.717, 1.165) is 12.8 Å². The minimum absolute atomic E-state index is 0.139. The molecule has 2 rings (SSSR count). The van der Waals surface area contributed by atoms with Crippen LogP contribution < -0.4 is 5.73 Å². The maximum absolute atomic E-state index is 12.2. The number of rotatable bonds is 2. The van der Waals surface area contributed by atoms with E-state index in [2.05, 4.69) is 0 Å². The van der Waals surface area contributed by atoms with Crippen molar-refractivity contribution in [3.05, 3.63) is 0 Å². The number of nitrogens with two attached hydrogens (primary N) is 1. The normalized spacial score (nSPS) is 32.8. The van der Waals surface area contributed by atoms with Gasteiger partial charge in [0.05, 0.1) is 12.2 Å². The first kappa shape index (κ1) is 12.8. The van der Waals surface area contributed by atoms with Crippen molar-refractivity contribution in [1.82, 2.24) is 4.90 Å². The number of hydrogen-bond acceptors (Lipinski definition) is 3. The zero-order chi connectivity index (χ0) is 12.5. The fourth-order valence-corrected chi connectivity index (χ4v) is 3.05. The van der Waals surface area contributed by atoms with Gasteiger partial charge >= 0.3 is 0 Å².